The molecule has 1 aromatic carbocycles. The summed E-state index contributed by atoms with van der Waals surface area (Å²) in [5.74, 6) is 0.373. The summed E-state index contributed by atoms with van der Waals surface area (Å²) < 4.78 is 1.94. The molecule has 0 unspecified atom stereocenters. The van der Waals surface area contributed by atoms with E-state index in [1.165, 1.54) is 5.56 Å². The van der Waals surface area contributed by atoms with Crippen LogP contribution in [0.4, 0.5) is 5.13 Å². The Morgan fingerprint density at radius 2 is 1.95 bits per heavy atom. The molecule has 0 saturated carbocycles. The summed E-state index contributed by atoms with van der Waals surface area (Å²) in [6, 6.07) is 10.2. The average molecular weight is 313 g/mol. The molecule has 3 aromatic rings. The van der Waals surface area contributed by atoms with Gasteiger partial charge in [0.2, 0.25) is 5.13 Å². The summed E-state index contributed by atoms with van der Waals surface area (Å²) in [6.07, 6.45) is 2.09. The van der Waals surface area contributed by atoms with E-state index in [-0.39, 0.29) is 0 Å². The Kier molecular flexibility index (Phi) is 4.20. The van der Waals surface area contributed by atoms with Crippen molar-refractivity contribution in [1.29, 1.82) is 0 Å². The number of aryl methyl sites for hydroxylation is 1. The smallest absolute Gasteiger partial charge is 0.205 e. The van der Waals surface area contributed by atoms with E-state index in [4.69, 9.17) is 5.10 Å². The zero-order valence-electron chi connectivity index (χ0n) is 12.9. The van der Waals surface area contributed by atoms with Crippen molar-refractivity contribution in [3.8, 4) is 5.69 Å². The molecule has 114 valence electrons. The number of hydrogen-bond acceptors (Lipinski definition) is 5. The largest absolute Gasteiger partial charge is 0.356 e. The molecule has 0 bridgehead atoms. The highest BCUT2D eigenvalue weighted by atomic mass is 32.1. The van der Waals surface area contributed by atoms with Crippen molar-refractivity contribution in [2.24, 2.45) is 0 Å². The van der Waals surface area contributed by atoms with Gasteiger partial charge in [-0.2, -0.15) is 5.10 Å². The van der Waals surface area contributed by atoms with Crippen LogP contribution < -0.4 is 5.32 Å². The van der Waals surface area contributed by atoms with Gasteiger partial charge in [0.25, 0.3) is 0 Å². The minimum absolute atomic E-state index is 0.373. The molecule has 0 radical (unpaired) electrons. The minimum Gasteiger partial charge on any atom is -0.356 e. The molecule has 0 atom stereocenters. The van der Waals surface area contributed by atoms with Gasteiger partial charge in [0.15, 0.2) is 0 Å². The minimum atomic E-state index is 0.373. The van der Waals surface area contributed by atoms with E-state index in [1.807, 2.05) is 29.8 Å². The van der Waals surface area contributed by atoms with Gasteiger partial charge in [-0.1, -0.05) is 43.4 Å². The summed E-state index contributed by atoms with van der Waals surface area (Å²) in [7, 11) is 0. The Morgan fingerprint density at radius 1 is 1.18 bits per heavy atom. The van der Waals surface area contributed by atoms with Gasteiger partial charge in [-0.3, -0.25) is 0 Å². The molecule has 6 heteroatoms. The summed E-state index contributed by atoms with van der Waals surface area (Å²) >= 11 is 1.56. The highest BCUT2D eigenvalue weighted by Gasteiger charge is 2.13. The molecule has 0 amide bonds. The second-order valence-corrected chi connectivity index (χ2v) is 6.64. The van der Waals surface area contributed by atoms with Crippen LogP contribution in [-0.2, 0) is 6.54 Å². The van der Waals surface area contributed by atoms with Crippen LogP contribution in [0.5, 0.6) is 0 Å². The van der Waals surface area contributed by atoms with E-state index in [2.05, 4.69) is 47.7 Å². The van der Waals surface area contributed by atoms with Crippen LogP contribution in [0.25, 0.3) is 5.69 Å². The second kappa shape index (κ2) is 6.27. The van der Waals surface area contributed by atoms with Crippen LogP contribution in [-0.4, -0.2) is 20.0 Å². The fraction of sp³-hybridized carbons (Fsp3) is 0.312. The van der Waals surface area contributed by atoms with Crippen LogP contribution in [0.3, 0.4) is 0 Å². The van der Waals surface area contributed by atoms with Gasteiger partial charge in [0, 0.05) is 18.3 Å². The number of rotatable bonds is 5. The van der Waals surface area contributed by atoms with Crippen molar-refractivity contribution in [3.05, 3.63) is 52.8 Å². The first-order chi connectivity index (χ1) is 10.6. The van der Waals surface area contributed by atoms with Crippen molar-refractivity contribution in [2.45, 2.75) is 33.2 Å². The summed E-state index contributed by atoms with van der Waals surface area (Å²) in [4.78, 5) is 0. The topological polar surface area (TPSA) is 55.6 Å². The van der Waals surface area contributed by atoms with E-state index in [0.29, 0.717) is 12.5 Å². The molecule has 0 aliphatic heterocycles. The number of hydrogen-bond donors (Lipinski definition) is 1. The normalized spacial score (nSPS) is 11.1. The van der Waals surface area contributed by atoms with Gasteiger partial charge in [-0.15, -0.1) is 10.2 Å². The van der Waals surface area contributed by atoms with E-state index in [9.17, 15) is 0 Å². The standard InChI is InChI=1S/C16H19N5S/c1-11(2)15-13(9-17-16-19-18-12(3)22-16)10-21(20-15)14-7-5-4-6-8-14/h4-8,10-11H,9H2,1-3H3,(H,17,19). The number of para-hydroxylation sites is 1. The van der Waals surface area contributed by atoms with E-state index >= 15 is 0 Å². The number of benzene rings is 1. The summed E-state index contributed by atoms with van der Waals surface area (Å²) in [5, 5.41) is 18.0. The molecule has 0 spiro atoms. The predicted molar refractivity (Wildman–Crippen MR) is 89.6 cm³/mol. The van der Waals surface area contributed by atoms with E-state index < -0.39 is 0 Å². The SMILES string of the molecule is Cc1nnc(NCc2cn(-c3ccccc3)nc2C(C)C)s1. The predicted octanol–water partition coefficient (Wildman–Crippen LogP) is 3.77. The molecular weight excluding hydrogens is 294 g/mol. The number of nitrogens with one attached hydrogen (secondary N) is 1. The van der Waals surface area contributed by atoms with E-state index in [0.717, 1.165) is 21.5 Å². The lowest BCUT2D eigenvalue weighted by Crippen LogP contribution is -2.02. The molecule has 22 heavy (non-hydrogen) atoms. The van der Waals surface area contributed by atoms with Crippen LogP contribution in [0, 0.1) is 6.92 Å². The maximum absolute atomic E-state index is 4.74. The first kappa shape index (κ1) is 14.7. The Bertz CT molecular complexity index is 745. The lowest BCUT2D eigenvalue weighted by Gasteiger charge is -2.05. The molecule has 2 aromatic heterocycles. The first-order valence-electron chi connectivity index (χ1n) is 7.31. The third-order valence-electron chi connectivity index (χ3n) is 3.35. The third-order valence-corrected chi connectivity index (χ3v) is 4.14. The first-order valence-corrected chi connectivity index (χ1v) is 8.13. The highest BCUT2D eigenvalue weighted by Crippen LogP contribution is 2.22. The molecule has 3 rings (SSSR count). The number of anilines is 1. The maximum Gasteiger partial charge on any atom is 0.205 e. The van der Waals surface area contributed by atoms with Crippen molar-refractivity contribution in [2.75, 3.05) is 5.32 Å². The lowest BCUT2D eigenvalue weighted by molar-refractivity contribution is 0.763. The van der Waals surface area contributed by atoms with Crippen LogP contribution in [0.2, 0.25) is 0 Å². The monoisotopic (exact) mass is 313 g/mol. The summed E-state index contributed by atoms with van der Waals surface area (Å²) in [5.41, 5.74) is 3.37. The molecule has 5 nitrogen and oxygen atoms in total. The van der Waals surface area contributed by atoms with Crippen molar-refractivity contribution in [1.82, 2.24) is 20.0 Å². The Morgan fingerprint density at radius 3 is 2.59 bits per heavy atom. The molecular formula is C16H19N5S. The van der Waals surface area contributed by atoms with Gasteiger partial charge in [-0.25, -0.2) is 4.68 Å². The fourth-order valence-electron chi connectivity index (χ4n) is 2.30. The van der Waals surface area contributed by atoms with Crippen LogP contribution in [0.15, 0.2) is 36.5 Å². The Labute approximate surface area is 134 Å². The quantitative estimate of drug-likeness (QED) is 0.779. The molecule has 0 aliphatic rings. The fourth-order valence-corrected chi connectivity index (χ4v) is 2.88. The zero-order chi connectivity index (χ0) is 15.5. The number of nitrogens with zero attached hydrogens (tertiary/aromatic N) is 4. The van der Waals surface area contributed by atoms with Crippen molar-refractivity contribution >= 4 is 16.5 Å². The number of aromatic nitrogens is 4. The van der Waals surface area contributed by atoms with Crippen molar-refractivity contribution < 1.29 is 0 Å². The molecule has 0 saturated heterocycles. The molecule has 0 fully saturated rings. The maximum atomic E-state index is 4.74. The molecule has 2 heterocycles. The van der Waals surface area contributed by atoms with Gasteiger partial charge >= 0.3 is 0 Å². The molecule has 1 N–H and O–H groups in total. The average Bonchev–Trinajstić information content (AvgIpc) is 3.12. The summed E-state index contributed by atoms with van der Waals surface area (Å²) in [6.45, 7) is 6.98. The zero-order valence-corrected chi connectivity index (χ0v) is 13.8. The Hall–Kier alpha value is -2.21. The van der Waals surface area contributed by atoms with Gasteiger partial charge in [-0.05, 0) is 25.0 Å². The third kappa shape index (κ3) is 3.17. The van der Waals surface area contributed by atoms with Gasteiger partial charge < -0.3 is 5.32 Å². The van der Waals surface area contributed by atoms with Gasteiger partial charge in [0.05, 0.1) is 11.4 Å². The van der Waals surface area contributed by atoms with Gasteiger partial charge in [0.1, 0.15) is 5.01 Å². The van der Waals surface area contributed by atoms with E-state index in [1.54, 1.807) is 11.3 Å². The van der Waals surface area contributed by atoms with Crippen molar-refractivity contribution in [3.63, 3.8) is 0 Å². The molecule has 0 aliphatic carbocycles. The highest BCUT2D eigenvalue weighted by molar-refractivity contribution is 7.15. The second-order valence-electron chi connectivity index (χ2n) is 5.45. The van der Waals surface area contributed by atoms with Crippen LogP contribution >= 0.6 is 11.3 Å². The lowest BCUT2D eigenvalue weighted by atomic mass is 10.1. The van der Waals surface area contributed by atoms with Crippen LogP contribution in [0.1, 0.15) is 36.0 Å². The Balaban J connectivity index is 1.84.